The van der Waals surface area contributed by atoms with Crippen LogP contribution in [-0.4, -0.2) is 19.3 Å². The first-order valence-corrected chi connectivity index (χ1v) is 6.18. The summed E-state index contributed by atoms with van der Waals surface area (Å²) in [4.78, 5) is 0. The van der Waals surface area contributed by atoms with Gasteiger partial charge in [0.2, 0.25) is 0 Å². The second-order valence-corrected chi connectivity index (χ2v) is 4.63. The Morgan fingerprint density at radius 1 is 1.56 bits per heavy atom. The van der Waals surface area contributed by atoms with Crippen molar-refractivity contribution in [3.63, 3.8) is 0 Å². The third kappa shape index (κ3) is 2.66. The molecule has 3 nitrogen and oxygen atoms in total. The van der Waals surface area contributed by atoms with Gasteiger partial charge in [-0.3, -0.25) is 0 Å². The molecule has 0 spiro atoms. The molecule has 2 rings (SSSR count). The van der Waals surface area contributed by atoms with Crippen molar-refractivity contribution in [2.75, 3.05) is 13.2 Å². The number of ether oxygens (including phenoxy) is 1. The SMILES string of the molecule is CCCNC(c1ccoc1)C1COC(C)C1. The Hall–Kier alpha value is -0.800. The Morgan fingerprint density at radius 2 is 2.44 bits per heavy atom. The Bertz CT molecular complexity index is 297. The van der Waals surface area contributed by atoms with Gasteiger partial charge in [-0.2, -0.15) is 0 Å². The molecule has 1 N–H and O–H groups in total. The van der Waals surface area contributed by atoms with Gasteiger partial charge in [-0.05, 0) is 32.4 Å². The van der Waals surface area contributed by atoms with Crippen LogP contribution in [0.15, 0.2) is 23.0 Å². The first-order chi connectivity index (χ1) is 7.81. The molecule has 0 aliphatic carbocycles. The smallest absolute Gasteiger partial charge is 0.0950 e. The van der Waals surface area contributed by atoms with Crippen molar-refractivity contribution in [1.29, 1.82) is 0 Å². The molecule has 1 aliphatic heterocycles. The predicted octanol–water partition coefficient (Wildman–Crippen LogP) is 2.75. The van der Waals surface area contributed by atoms with E-state index in [2.05, 4.69) is 25.2 Å². The third-order valence-corrected chi connectivity index (χ3v) is 3.22. The van der Waals surface area contributed by atoms with Gasteiger partial charge in [0, 0.05) is 17.5 Å². The molecule has 3 atom stereocenters. The second kappa shape index (κ2) is 5.51. The summed E-state index contributed by atoms with van der Waals surface area (Å²) in [5, 5.41) is 3.59. The van der Waals surface area contributed by atoms with Gasteiger partial charge in [-0.1, -0.05) is 6.92 Å². The molecule has 0 aromatic carbocycles. The van der Waals surface area contributed by atoms with Crippen molar-refractivity contribution < 1.29 is 9.15 Å². The summed E-state index contributed by atoms with van der Waals surface area (Å²) in [6, 6.07) is 2.43. The number of hydrogen-bond donors (Lipinski definition) is 1. The maximum absolute atomic E-state index is 5.65. The zero-order valence-corrected chi connectivity index (χ0v) is 10.1. The van der Waals surface area contributed by atoms with Crippen LogP contribution in [-0.2, 0) is 4.74 Å². The molecule has 1 aromatic heterocycles. The van der Waals surface area contributed by atoms with Crippen LogP contribution in [0.25, 0.3) is 0 Å². The molecule has 1 aliphatic rings. The van der Waals surface area contributed by atoms with Gasteiger partial charge in [0.15, 0.2) is 0 Å². The van der Waals surface area contributed by atoms with E-state index in [1.165, 1.54) is 5.56 Å². The number of hydrogen-bond acceptors (Lipinski definition) is 3. The molecule has 1 aromatic rings. The van der Waals surface area contributed by atoms with E-state index in [9.17, 15) is 0 Å². The number of furan rings is 1. The fourth-order valence-electron chi connectivity index (χ4n) is 2.39. The lowest BCUT2D eigenvalue weighted by atomic mass is 9.92. The van der Waals surface area contributed by atoms with Crippen LogP contribution in [0.2, 0.25) is 0 Å². The van der Waals surface area contributed by atoms with E-state index >= 15 is 0 Å². The molecular weight excluding hydrogens is 202 g/mol. The maximum Gasteiger partial charge on any atom is 0.0950 e. The lowest BCUT2D eigenvalue weighted by molar-refractivity contribution is 0.117. The highest BCUT2D eigenvalue weighted by Gasteiger charge is 2.30. The lowest BCUT2D eigenvalue weighted by Gasteiger charge is -2.22. The predicted molar refractivity (Wildman–Crippen MR) is 63.3 cm³/mol. The van der Waals surface area contributed by atoms with Crippen molar-refractivity contribution in [1.82, 2.24) is 5.32 Å². The van der Waals surface area contributed by atoms with Crippen LogP contribution in [0.4, 0.5) is 0 Å². The molecule has 1 saturated heterocycles. The van der Waals surface area contributed by atoms with Gasteiger partial charge in [0.25, 0.3) is 0 Å². The molecule has 3 unspecified atom stereocenters. The molecule has 0 saturated carbocycles. The van der Waals surface area contributed by atoms with Gasteiger partial charge in [-0.25, -0.2) is 0 Å². The van der Waals surface area contributed by atoms with Crippen molar-refractivity contribution in [3.05, 3.63) is 24.2 Å². The van der Waals surface area contributed by atoms with Crippen molar-refractivity contribution in [2.45, 2.75) is 38.8 Å². The van der Waals surface area contributed by atoms with Crippen LogP contribution < -0.4 is 5.32 Å². The Balaban J connectivity index is 2.02. The van der Waals surface area contributed by atoms with Gasteiger partial charge in [-0.15, -0.1) is 0 Å². The number of nitrogens with one attached hydrogen (secondary N) is 1. The molecule has 0 amide bonds. The van der Waals surface area contributed by atoms with E-state index in [1.54, 1.807) is 6.26 Å². The van der Waals surface area contributed by atoms with Crippen LogP contribution in [0, 0.1) is 5.92 Å². The highest BCUT2D eigenvalue weighted by atomic mass is 16.5. The van der Waals surface area contributed by atoms with Gasteiger partial charge < -0.3 is 14.5 Å². The summed E-state index contributed by atoms with van der Waals surface area (Å²) in [6.45, 7) is 6.23. The Morgan fingerprint density at radius 3 is 3.00 bits per heavy atom. The highest BCUT2D eigenvalue weighted by molar-refractivity contribution is 5.13. The van der Waals surface area contributed by atoms with Crippen LogP contribution in [0.1, 0.15) is 38.3 Å². The monoisotopic (exact) mass is 223 g/mol. The van der Waals surface area contributed by atoms with E-state index in [1.807, 2.05) is 6.26 Å². The summed E-state index contributed by atoms with van der Waals surface area (Å²) in [7, 11) is 0. The van der Waals surface area contributed by atoms with Crippen molar-refractivity contribution >= 4 is 0 Å². The molecule has 90 valence electrons. The second-order valence-electron chi connectivity index (χ2n) is 4.63. The molecule has 0 bridgehead atoms. The van der Waals surface area contributed by atoms with E-state index < -0.39 is 0 Å². The lowest BCUT2D eigenvalue weighted by Crippen LogP contribution is -2.29. The molecule has 0 radical (unpaired) electrons. The average Bonchev–Trinajstić information content (AvgIpc) is 2.91. The minimum atomic E-state index is 0.378. The molecule has 16 heavy (non-hydrogen) atoms. The summed E-state index contributed by atoms with van der Waals surface area (Å²) >= 11 is 0. The summed E-state index contributed by atoms with van der Waals surface area (Å²) < 4.78 is 10.8. The van der Waals surface area contributed by atoms with Crippen molar-refractivity contribution in [2.24, 2.45) is 5.92 Å². The summed E-state index contributed by atoms with van der Waals surface area (Å²) in [5.74, 6) is 0.569. The topological polar surface area (TPSA) is 34.4 Å². The van der Waals surface area contributed by atoms with E-state index in [0.29, 0.717) is 18.1 Å². The zero-order chi connectivity index (χ0) is 11.4. The minimum absolute atomic E-state index is 0.378. The maximum atomic E-state index is 5.65. The van der Waals surface area contributed by atoms with Crippen LogP contribution >= 0.6 is 0 Å². The van der Waals surface area contributed by atoms with Gasteiger partial charge in [0.1, 0.15) is 0 Å². The summed E-state index contributed by atoms with van der Waals surface area (Å²) in [5.41, 5.74) is 1.25. The molecular formula is C13H21NO2. The highest BCUT2D eigenvalue weighted by Crippen LogP contribution is 2.31. The Kier molecular flexibility index (Phi) is 4.02. The molecule has 2 heterocycles. The first kappa shape index (κ1) is 11.7. The first-order valence-electron chi connectivity index (χ1n) is 6.18. The average molecular weight is 223 g/mol. The van der Waals surface area contributed by atoms with Crippen molar-refractivity contribution in [3.8, 4) is 0 Å². The number of rotatable bonds is 5. The van der Waals surface area contributed by atoms with Crippen LogP contribution in [0.5, 0.6) is 0 Å². The normalized spacial score (nSPS) is 27.1. The summed E-state index contributed by atoms with van der Waals surface area (Å²) in [6.07, 6.45) is 6.26. The van der Waals surface area contributed by atoms with Gasteiger partial charge >= 0.3 is 0 Å². The van der Waals surface area contributed by atoms with E-state index in [0.717, 1.165) is 26.0 Å². The largest absolute Gasteiger partial charge is 0.472 e. The third-order valence-electron chi connectivity index (χ3n) is 3.22. The zero-order valence-electron chi connectivity index (χ0n) is 10.1. The fraction of sp³-hybridized carbons (Fsp3) is 0.692. The van der Waals surface area contributed by atoms with E-state index in [-0.39, 0.29) is 0 Å². The molecule has 1 fully saturated rings. The van der Waals surface area contributed by atoms with Gasteiger partial charge in [0.05, 0.1) is 25.2 Å². The van der Waals surface area contributed by atoms with Crippen LogP contribution in [0.3, 0.4) is 0 Å². The van der Waals surface area contributed by atoms with E-state index in [4.69, 9.17) is 9.15 Å². The minimum Gasteiger partial charge on any atom is -0.472 e. The Labute approximate surface area is 97.2 Å². The standard InChI is InChI=1S/C13H21NO2/c1-3-5-14-13(11-4-6-15-8-11)12-7-10(2)16-9-12/h4,6,8,10,12-14H,3,5,7,9H2,1-2H3. The fourth-order valence-corrected chi connectivity index (χ4v) is 2.39. The molecule has 3 heteroatoms. The quantitative estimate of drug-likeness (QED) is 0.833.